The van der Waals surface area contributed by atoms with Crippen LogP contribution in [0.3, 0.4) is 0 Å². The first-order chi connectivity index (χ1) is 17.9. The van der Waals surface area contributed by atoms with Crippen molar-refractivity contribution in [3.63, 3.8) is 0 Å². The second-order valence-electron chi connectivity index (χ2n) is 10.6. The van der Waals surface area contributed by atoms with E-state index in [1.54, 1.807) is 0 Å². The first-order valence-corrected chi connectivity index (χ1v) is 13.6. The highest BCUT2D eigenvalue weighted by atomic mass is 16.3. The molecule has 0 unspecified atom stereocenters. The number of hydrogen-bond acceptors (Lipinski definition) is 4. The standard InChI is InChI=1S/C32H41N3O2/c1-24(2)34(25(3)4)32(37)28-13-15-29(16-14-28)35(31-12-8-11-27(21-31)23-36)30-17-19-33(20-18-30)22-26-9-6-5-7-10-26/h5-16,21,24-25,30,36H,17-20,22-23H2,1-4H3. The van der Waals surface area contributed by atoms with Crippen LogP contribution in [0.2, 0.25) is 0 Å². The van der Waals surface area contributed by atoms with Crippen LogP contribution in [0, 0.1) is 0 Å². The molecule has 5 nitrogen and oxygen atoms in total. The number of carbonyl (C=O) groups is 1. The van der Waals surface area contributed by atoms with Crippen LogP contribution in [0.15, 0.2) is 78.9 Å². The minimum atomic E-state index is 0.0187. The number of amides is 1. The van der Waals surface area contributed by atoms with Crippen molar-refractivity contribution in [3.8, 4) is 0 Å². The molecule has 5 heteroatoms. The van der Waals surface area contributed by atoms with Crippen LogP contribution >= 0.6 is 0 Å². The third-order valence-electron chi connectivity index (χ3n) is 7.28. The summed E-state index contributed by atoms with van der Waals surface area (Å²) >= 11 is 0. The van der Waals surface area contributed by atoms with E-state index in [-0.39, 0.29) is 24.6 Å². The summed E-state index contributed by atoms with van der Waals surface area (Å²) in [4.78, 5) is 20.1. The van der Waals surface area contributed by atoms with Gasteiger partial charge >= 0.3 is 0 Å². The van der Waals surface area contributed by atoms with Crippen molar-refractivity contribution < 1.29 is 9.90 Å². The van der Waals surface area contributed by atoms with E-state index in [0.29, 0.717) is 11.6 Å². The van der Waals surface area contributed by atoms with Gasteiger partial charge in [0.25, 0.3) is 5.91 Å². The molecule has 37 heavy (non-hydrogen) atoms. The lowest BCUT2D eigenvalue weighted by Gasteiger charge is -2.40. The Morgan fingerprint density at radius 2 is 1.46 bits per heavy atom. The van der Waals surface area contributed by atoms with Gasteiger partial charge in [-0.1, -0.05) is 42.5 Å². The molecular weight excluding hydrogens is 458 g/mol. The Morgan fingerprint density at radius 3 is 2.05 bits per heavy atom. The Bertz CT molecular complexity index is 1130. The second-order valence-corrected chi connectivity index (χ2v) is 10.6. The van der Waals surface area contributed by atoms with E-state index < -0.39 is 0 Å². The largest absolute Gasteiger partial charge is 0.392 e. The minimum absolute atomic E-state index is 0.0187. The fourth-order valence-electron chi connectivity index (χ4n) is 5.53. The predicted octanol–water partition coefficient (Wildman–Crippen LogP) is 6.24. The molecule has 0 bridgehead atoms. The van der Waals surface area contributed by atoms with Crippen LogP contribution in [0.5, 0.6) is 0 Å². The Labute approximate surface area is 222 Å². The summed E-state index contributed by atoms with van der Waals surface area (Å²) in [6.07, 6.45) is 2.09. The van der Waals surface area contributed by atoms with E-state index in [4.69, 9.17) is 0 Å². The zero-order valence-electron chi connectivity index (χ0n) is 22.7. The molecule has 3 aromatic rings. The third kappa shape index (κ3) is 6.60. The van der Waals surface area contributed by atoms with Gasteiger partial charge in [0.1, 0.15) is 0 Å². The molecule has 1 saturated heterocycles. The van der Waals surface area contributed by atoms with Crippen LogP contribution < -0.4 is 4.90 Å². The number of piperidine rings is 1. The Kier molecular flexibility index (Phi) is 9.01. The number of benzene rings is 3. The number of anilines is 2. The molecule has 1 fully saturated rings. The maximum atomic E-state index is 13.2. The fraction of sp³-hybridized carbons (Fsp3) is 0.406. The molecule has 0 aromatic heterocycles. The van der Waals surface area contributed by atoms with Crippen molar-refractivity contribution in [2.24, 2.45) is 0 Å². The predicted molar refractivity (Wildman–Crippen MR) is 152 cm³/mol. The van der Waals surface area contributed by atoms with Crippen LogP contribution in [0.4, 0.5) is 11.4 Å². The van der Waals surface area contributed by atoms with Crippen LogP contribution in [0.25, 0.3) is 0 Å². The monoisotopic (exact) mass is 499 g/mol. The average molecular weight is 500 g/mol. The van der Waals surface area contributed by atoms with Gasteiger partial charge in [0, 0.05) is 54.7 Å². The van der Waals surface area contributed by atoms with Crippen LogP contribution in [0.1, 0.15) is 62.0 Å². The van der Waals surface area contributed by atoms with Crippen molar-refractivity contribution in [2.75, 3.05) is 18.0 Å². The lowest BCUT2D eigenvalue weighted by molar-refractivity contribution is 0.0643. The highest BCUT2D eigenvalue weighted by Crippen LogP contribution is 2.33. The van der Waals surface area contributed by atoms with Gasteiger partial charge in [0.15, 0.2) is 0 Å². The maximum Gasteiger partial charge on any atom is 0.254 e. The number of carbonyl (C=O) groups excluding carboxylic acids is 1. The number of nitrogens with zero attached hydrogens (tertiary/aromatic N) is 3. The number of hydrogen-bond donors (Lipinski definition) is 1. The zero-order valence-corrected chi connectivity index (χ0v) is 22.7. The van der Waals surface area contributed by atoms with Crippen molar-refractivity contribution in [1.29, 1.82) is 0 Å². The smallest absolute Gasteiger partial charge is 0.254 e. The summed E-state index contributed by atoms with van der Waals surface area (Å²) in [7, 11) is 0. The Hall–Kier alpha value is -3.15. The first-order valence-electron chi connectivity index (χ1n) is 13.6. The number of aliphatic hydroxyl groups excluding tert-OH is 1. The minimum Gasteiger partial charge on any atom is -0.392 e. The van der Waals surface area contributed by atoms with Gasteiger partial charge in [0.2, 0.25) is 0 Å². The number of likely N-dealkylation sites (tertiary alicyclic amines) is 1. The van der Waals surface area contributed by atoms with Gasteiger partial charge in [0.05, 0.1) is 6.61 Å². The highest BCUT2D eigenvalue weighted by Gasteiger charge is 2.27. The van der Waals surface area contributed by atoms with Crippen molar-refractivity contribution >= 4 is 17.3 Å². The van der Waals surface area contributed by atoms with Gasteiger partial charge in [-0.2, -0.15) is 0 Å². The topological polar surface area (TPSA) is 47.0 Å². The second kappa shape index (κ2) is 12.4. The lowest BCUT2D eigenvalue weighted by atomic mass is 9.99. The molecule has 1 aliphatic heterocycles. The Balaban J connectivity index is 1.56. The van der Waals surface area contributed by atoms with Gasteiger partial charge in [-0.15, -0.1) is 0 Å². The molecular formula is C32H41N3O2. The maximum absolute atomic E-state index is 13.2. The summed E-state index contributed by atoms with van der Waals surface area (Å²) in [6, 6.07) is 27.5. The van der Waals surface area contributed by atoms with Crippen molar-refractivity contribution in [3.05, 3.63) is 95.6 Å². The van der Waals surface area contributed by atoms with Gasteiger partial charge in [-0.3, -0.25) is 9.69 Å². The van der Waals surface area contributed by atoms with Crippen molar-refractivity contribution in [2.45, 2.75) is 71.8 Å². The SMILES string of the molecule is CC(C)N(C(=O)c1ccc(N(c2cccc(CO)c2)C2CCN(Cc3ccccc3)CC2)cc1)C(C)C. The van der Waals surface area contributed by atoms with Gasteiger partial charge in [-0.05, 0) is 88.1 Å². The molecule has 1 amide bonds. The molecule has 4 rings (SSSR count). The molecule has 0 atom stereocenters. The van der Waals surface area contributed by atoms with E-state index >= 15 is 0 Å². The molecule has 0 radical (unpaired) electrons. The molecule has 0 aliphatic carbocycles. The normalized spacial score (nSPS) is 14.8. The summed E-state index contributed by atoms with van der Waals surface area (Å²) < 4.78 is 0. The number of rotatable bonds is 9. The van der Waals surface area contributed by atoms with Crippen molar-refractivity contribution in [1.82, 2.24) is 9.80 Å². The average Bonchev–Trinajstić information content (AvgIpc) is 2.90. The summed E-state index contributed by atoms with van der Waals surface area (Å²) in [5.41, 5.74) is 5.13. The van der Waals surface area contributed by atoms with Gasteiger partial charge in [-0.25, -0.2) is 0 Å². The quantitative estimate of drug-likeness (QED) is 0.379. The first kappa shape index (κ1) is 26.9. The molecule has 1 heterocycles. The molecule has 3 aromatic carbocycles. The van der Waals surface area contributed by atoms with Crippen LogP contribution in [-0.4, -0.2) is 52.0 Å². The zero-order chi connectivity index (χ0) is 26.4. The van der Waals surface area contributed by atoms with Crippen LogP contribution in [-0.2, 0) is 13.2 Å². The molecule has 0 saturated carbocycles. The summed E-state index contributed by atoms with van der Waals surface area (Å²) in [5, 5.41) is 9.77. The lowest BCUT2D eigenvalue weighted by Crippen LogP contribution is -2.43. The third-order valence-corrected chi connectivity index (χ3v) is 7.28. The van der Waals surface area contributed by atoms with E-state index in [1.807, 2.05) is 29.2 Å². The fourth-order valence-corrected chi connectivity index (χ4v) is 5.53. The molecule has 0 spiro atoms. The van der Waals surface area contributed by atoms with E-state index in [1.165, 1.54) is 5.56 Å². The summed E-state index contributed by atoms with van der Waals surface area (Å²) in [6.45, 7) is 11.3. The molecule has 196 valence electrons. The highest BCUT2D eigenvalue weighted by molar-refractivity contribution is 5.95. The number of aliphatic hydroxyl groups is 1. The summed E-state index contributed by atoms with van der Waals surface area (Å²) in [5.74, 6) is 0.0691. The molecule has 1 aliphatic rings. The van der Waals surface area contributed by atoms with Gasteiger partial charge < -0.3 is 14.9 Å². The van der Waals surface area contributed by atoms with E-state index in [0.717, 1.165) is 49.4 Å². The van der Waals surface area contributed by atoms with E-state index in [2.05, 4.69) is 92.1 Å². The molecule has 1 N–H and O–H groups in total. The van der Waals surface area contributed by atoms with E-state index in [9.17, 15) is 9.90 Å². The Morgan fingerprint density at radius 1 is 0.838 bits per heavy atom.